The van der Waals surface area contributed by atoms with Crippen LogP contribution >= 0.6 is 0 Å². The molecule has 1 aliphatic heterocycles. The molecule has 0 radical (unpaired) electrons. The van der Waals surface area contributed by atoms with Crippen molar-refractivity contribution in [3.05, 3.63) is 59.3 Å². The van der Waals surface area contributed by atoms with Crippen LogP contribution in [0.2, 0.25) is 0 Å². The van der Waals surface area contributed by atoms with Crippen molar-refractivity contribution >= 4 is 18.0 Å². The molecule has 1 amide bonds. The molecule has 0 aliphatic carbocycles. The fourth-order valence-electron chi connectivity index (χ4n) is 2.80. The number of hydrogen-bond donors (Lipinski definition) is 0. The molecule has 6 nitrogen and oxygen atoms in total. The summed E-state index contributed by atoms with van der Waals surface area (Å²) in [6, 6.07) is 7.30. The quantitative estimate of drug-likeness (QED) is 0.379. The van der Waals surface area contributed by atoms with E-state index >= 15 is 0 Å². The molecule has 1 heterocycles. The molecule has 2 rings (SSSR count). The Bertz CT molecular complexity index is 779. The largest absolute Gasteiger partial charge is 0.490 e. The van der Waals surface area contributed by atoms with Crippen molar-refractivity contribution in [3.8, 4) is 5.75 Å². The van der Waals surface area contributed by atoms with Crippen molar-refractivity contribution in [1.82, 2.24) is 4.90 Å². The van der Waals surface area contributed by atoms with Crippen LogP contribution in [0.4, 0.5) is 0 Å². The van der Waals surface area contributed by atoms with Crippen LogP contribution in [0.25, 0.3) is 6.08 Å². The maximum atomic E-state index is 12.9. The third-order valence-corrected chi connectivity index (χ3v) is 4.05. The molecule has 144 valence electrons. The second-order valence-electron chi connectivity index (χ2n) is 5.86. The van der Waals surface area contributed by atoms with Crippen molar-refractivity contribution < 1.29 is 23.8 Å². The van der Waals surface area contributed by atoms with Gasteiger partial charge in [0.25, 0.3) is 5.91 Å². The summed E-state index contributed by atoms with van der Waals surface area (Å²) in [5, 5.41) is 0. The monoisotopic (exact) mass is 371 g/mol. The molecule has 1 aliphatic rings. The van der Waals surface area contributed by atoms with E-state index in [0.717, 1.165) is 5.56 Å². The van der Waals surface area contributed by atoms with Crippen LogP contribution in [0.15, 0.2) is 53.8 Å². The van der Waals surface area contributed by atoms with Gasteiger partial charge in [0.2, 0.25) is 0 Å². The van der Waals surface area contributed by atoms with Crippen molar-refractivity contribution in [2.45, 2.75) is 13.8 Å². The number of nitrogens with zero attached hydrogens (tertiary/aromatic N) is 1. The molecule has 0 aromatic heterocycles. The van der Waals surface area contributed by atoms with Crippen LogP contribution in [0.5, 0.6) is 5.75 Å². The van der Waals surface area contributed by atoms with Gasteiger partial charge in [-0.25, -0.2) is 4.79 Å². The molecular weight excluding hydrogens is 346 g/mol. The van der Waals surface area contributed by atoms with Gasteiger partial charge in [0.15, 0.2) is 0 Å². The summed E-state index contributed by atoms with van der Waals surface area (Å²) < 4.78 is 15.8. The molecule has 27 heavy (non-hydrogen) atoms. The van der Waals surface area contributed by atoms with Crippen molar-refractivity contribution in [2.75, 3.05) is 33.5 Å². The summed E-state index contributed by atoms with van der Waals surface area (Å²) in [4.78, 5) is 26.9. The fourth-order valence-corrected chi connectivity index (χ4v) is 2.80. The molecule has 0 N–H and O–H groups in total. The third kappa shape index (κ3) is 4.86. The number of rotatable bonds is 9. The van der Waals surface area contributed by atoms with Gasteiger partial charge in [0, 0.05) is 19.4 Å². The maximum absolute atomic E-state index is 12.9. The first kappa shape index (κ1) is 20.5. The van der Waals surface area contributed by atoms with Crippen LogP contribution in [-0.2, 0) is 19.1 Å². The van der Waals surface area contributed by atoms with Crippen LogP contribution in [0.1, 0.15) is 19.4 Å². The van der Waals surface area contributed by atoms with E-state index < -0.39 is 5.97 Å². The first-order valence-corrected chi connectivity index (χ1v) is 8.78. The average Bonchev–Trinajstić information content (AvgIpc) is 2.88. The van der Waals surface area contributed by atoms with Crippen LogP contribution in [-0.4, -0.2) is 50.3 Å². The SMILES string of the molecule is C=CCOc1cccc(C=C2C(=O)N(CCOC)C(C)=C2C(=O)OCC)c1. The number of methoxy groups -OCH3 is 1. The van der Waals surface area contributed by atoms with Crippen molar-refractivity contribution in [3.63, 3.8) is 0 Å². The van der Waals surface area contributed by atoms with Gasteiger partial charge in [-0.15, -0.1) is 0 Å². The fraction of sp³-hybridized carbons (Fsp3) is 0.333. The minimum absolute atomic E-state index is 0.236. The lowest BCUT2D eigenvalue weighted by atomic mass is 10.0. The first-order chi connectivity index (χ1) is 13.0. The highest BCUT2D eigenvalue weighted by Crippen LogP contribution is 2.32. The number of allylic oxidation sites excluding steroid dienone is 1. The zero-order valence-corrected chi connectivity index (χ0v) is 16.0. The number of ether oxygens (including phenoxy) is 3. The van der Waals surface area contributed by atoms with Gasteiger partial charge in [0.05, 0.1) is 24.4 Å². The number of esters is 1. The maximum Gasteiger partial charge on any atom is 0.340 e. The third-order valence-electron chi connectivity index (χ3n) is 4.05. The van der Waals surface area contributed by atoms with Gasteiger partial charge in [-0.1, -0.05) is 24.8 Å². The normalized spacial score (nSPS) is 15.4. The predicted octanol–water partition coefficient (Wildman–Crippen LogP) is 2.96. The molecule has 0 unspecified atom stereocenters. The minimum atomic E-state index is -0.506. The topological polar surface area (TPSA) is 65.1 Å². The molecule has 1 aromatic carbocycles. The Hall–Kier alpha value is -2.86. The van der Waals surface area contributed by atoms with Crippen molar-refractivity contribution in [1.29, 1.82) is 0 Å². The summed E-state index contributed by atoms with van der Waals surface area (Å²) >= 11 is 0. The second kappa shape index (κ2) is 9.73. The molecule has 0 atom stereocenters. The predicted molar refractivity (Wildman–Crippen MR) is 103 cm³/mol. The van der Waals surface area contributed by atoms with Gasteiger partial charge in [-0.2, -0.15) is 0 Å². The lowest BCUT2D eigenvalue weighted by molar-refractivity contribution is -0.138. The van der Waals surface area contributed by atoms with Gasteiger partial charge < -0.3 is 19.1 Å². The summed E-state index contributed by atoms with van der Waals surface area (Å²) in [5.74, 6) is -0.0945. The second-order valence-corrected chi connectivity index (χ2v) is 5.86. The molecule has 1 aromatic rings. The zero-order valence-electron chi connectivity index (χ0n) is 16.0. The van der Waals surface area contributed by atoms with E-state index in [4.69, 9.17) is 14.2 Å². The number of carbonyl (C=O) groups is 2. The van der Waals surface area contributed by atoms with Crippen molar-refractivity contribution in [2.24, 2.45) is 0 Å². The highest BCUT2D eigenvalue weighted by atomic mass is 16.5. The van der Waals surface area contributed by atoms with Gasteiger partial charge in [-0.05, 0) is 37.6 Å². The molecule has 0 fully saturated rings. The molecule has 0 spiro atoms. The number of amides is 1. The molecule has 0 bridgehead atoms. The molecular formula is C21H25NO5. The van der Waals surface area contributed by atoms with Gasteiger partial charge in [-0.3, -0.25) is 4.79 Å². The van der Waals surface area contributed by atoms with E-state index in [1.165, 1.54) is 0 Å². The van der Waals surface area contributed by atoms with Gasteiger partial charge >= 0.3 is 5.97 Å². The summed E-state index contributed by atoms with van der Waals surface area (Å²) in [6.07, 6.45) is 3.34. The lowest BCUT2D eigenvalue weighted by Gasteiger charge is -2.16. The number of benzene rings is 1. The highest BCUT2D eigenvalue weighted by Gasteiger charge is 2.36. The van der Waals surface area contributed by atoms with E-state index in [1.54, 1.807) is 44.1 Å². The van der Waals surface area contributed by atoms with Gasteiger partial charge in [0.1, 0.15) is 12.4 Å². The Morgan fingerprint density at radius 1 is 1.33 bits per heavy atom. The Balaban J connectivity index is 2.42. The van der Waals surface area contributed by atoms with Crippen LogP contribution < -0.4 is 4.74 Å². The Labute approximate surface area is 159 Å². The summed E-state index contributed by atoms with van der Waals surface area (Å²) in [7, 11) is 1.57. The molecule has 0 saturated carbocycles. The highest BCUT2D eigenvalue weighted by molar-refractivity contribution is 6.16. The Morgan fingerprint density at radius 2 is 2.11 bits per heavy atom. The van der Waals surface area contributed by atoms with Crippen LogP contribution in [0.3, 0.4) is 0 Å². The standard InChI is InChI=1S/C21H25NO5/c1-5-11-27-17-9-7-8-16(13-17)14-18-19(21(24)26-6-2)15(3)22(20(18)23)10-12-25-4/h5,7-9,13-14H,1,6,10-12H2,2-4H3. The van der Waals surface area contributed by atoms with E-state index in [2.05, 4.69) is 6.58 Å². The van der Waals surface area contributed by atoms with E-state index in [1.807, 2.05) is 18.2 Å². The summed E-state index contributed by atoms with van der Waals surface area (Å²) in [5.41, 5.74) is 1.92. The number of hydrogen-bond acceptors (Lipinski definition) is 5. The summed E-state index contributed by atoms with van der Waals surface area (Å²) in [6.45, 7) is 8.46. The smallest absolute Gasteiger partial charge is 0.340 e. The van der Waals surface area contributed by atoms with Crippen LogP contribution in [0, 0.1) is 0 Å². The first-order valence-electron chi connectivity index (χ1n) is 8.78. The van der Waals surface area contributed by atoms with E-state index in [-0.39, 0.29) is 18.1 Å². The van der Waals surface area contributed by atoms with E-state index in [9.17, 15) is 9.59 Å². The molecule has 6 heteroatoms. The zero-order chi connectivity index (χ0) is 19.8. The Morgan fingerprint density at radius 3 is 2.78 bits per heavy atom. The Kier molecular flexibility index (Phi) is 7.37. The minimum Gasteiger partial charge on any atom is -0.490 e. The number of carbonyl (C=O) groups excluding carboxylic acids is 2. The molecule has 0 saturated heterocycles. The average molecular weight is 371 g/mol. The lowest BCUT2D eigenvalue weighted by Crippen LogP contribution is -2.28. The van der Waals surface area contributed by atoms with E-state index in [0.29, 0.717) is 36.8 Å².